The van der Waals surface area contributed by atoms with Gasteiger partial charge in [-0.15, -0.1) is 0 Å². The number of fused-ring (bicyclic) bond motifs is 3. The maximum atomic E-state index is 11.0. The number of aromatic amines is 1. The molecule has 0 fully saturated rings. The second kappa shape index (κ2) is 3.09. The number of rotatable bonds is 1. The van der Waals surface area contributed by atoms with Crippen LogP contribution in [0.15, 0.2) is 23.1 Å². The second-order valence-corrected chi connectivity index (χ2v) is 5.54. The van der Waals surface area contributed by atoms with Crippen molar-refractivity contribution in [3.05, 3.63) is 29.5 Å². The van der Waals surface area contributed by atoms with E-state index < -0.39 is 10.1 Å². The fourth-order valence-corrected chi connectivity index (χ4v) is 2.89. The molecule has 0 unspecified atom stereocenters. The first-order valence-electron chi connectivity index (χ1n) is 5.17. The number of aromatic nitrogens is 1. The van der Waals surface area contributed by atoms with Crippen molar-refractivity contribution in [1.29, 1.82) is 0 Å². The molecule has 1 aliphatic carbocycles. The minimum Gasteiger partial charge on any atom is -0.358 e. The van der Waals surface area contributed by atoms with E-state index in [0.717, 1.165) is 30.2 Å². The molecule has 1 aromatic carbocycles. The maximum Gasteiger partial charge on any atom is 0.294 e. The summed E-state index contributed by atoms with van der Waals surface area (Å²) in [6, 6.07) is 4.67. The van der Waals surface area contributed by atoms with Gasteiger partial charge in [0.05, 0.1) is 4.90 Å². The summed E-state index contributed by atoms with van der Waals surface area (Å²) < 4.78 is 31.1. The van der Waals surface area contributed by atoms with Gasteiger partial charge in [-0.3, -0.25) is 4.55 Å². The van der Waals surface area contributed by atoms with Crippen LogP contribution in [0.4, 0.5) is 0 Å². The molecule has 84 valence electrons. The van der Waals surface area contributed by atoms with E-state index in [4.69, 9.17) is 4.55 Å². The Morgan fingerprint density at radius 3 is 2.81 bits per heavy atom. The number of hydrogen-bond donors (Lipinski definition) is 2. The summed E-state index contributed by atoms with van der Waals surface area (Å²) in [7, 11) is -4.10. The smallest absolute Gasteiger partial charge is 0.294 e. The van der Waals surface area contributed by atoms with E-state index in [1.807, 2.05) is 0 Å². The van der Waals surface area contributed by atoms with Crippen LogP contribution >= 0.6 is 0 Å². The normalized spacial score (nSPS) is 15.6. The summed E-state index contributed by atoms with van der Waals surface area (Å²) in [5.41, 5.74) is 3.33. The van der Waals surface area contributed by atoms with Crippen LogP contribution in [0, 0.1) is 0 Å². The van der Waals surface area contributed by atoms with Gasteiger partial charge in [0.25, 0.3) is 10.1 Å². The van der Waals surface area contributed by atoms with Crippen molar-refractivity contribution < 1.29 is 13.0 Å². The molecule has 0 saturated carbocycles. The van der Waals surface area contributed by atoms with Crippen LogP contribution in [0.5, 0.6) is 0 Å². The molecule has 2 N–H and O–H groups in total. The molecule has 1 aromatic heterocycles. The van der Waals surface area contributed by atoms with Crippen molar-refractivity contribution in [3.8, 4) is 0 Å². The Kier molecular flexibility index (Phi) is 1.90. The van der Waals surface area contributed by atoms with Crippen molar-refractivity contribution >= 4 is 21.0 Å². The zero-order valence-corrected chi connectivity index (χ0v) is 9.34. The third-order valence-electron chi connectivity index (χ3n) is 3.12. The highest BCUT2D eigenvalue weighted by Gasteiger charge is 2.18. The van der Waals surface area contributed by atoms with Gasteiger partial charge in [-0.05, 0) is 43.0 Å². The predicted molar refractivity (Wildman–Crippen MR) is 60.1 cm³/mol. The van der Waals surface area contributed by atoms with Crippen molar-refractivity contribution in [1.82, 2.24) is 4.98 Å². The number of nitrogens with one attached hydrogen (secondary N) is 1. The zero-order chi connectivity index (χ0) is 11.3. The van der Waals surface area contributed by atoms with Crippen LogP contribution in [0.1, 0.15) is 17.7 Å². The third kappa shape index (κ3) is 1.36. The average Bonchev–Trinajstić information content (AvgIpc) is 2.74. The molecule has 0 atom stereocenters. The molecule has 0 bridgehead atoms. The van der Waals surface area contributed by atoms with E-state index in [-0.39, 0.29) is 4.90 Å². The molecule has 0 spiro atoms. The quantitative estimate of drug-likeness (QED) is 0.744. The van der Waals surface area contributed by atoms with E-state index in [9.17, 15) is 8.42 Å². The van der Waals surface area contributed by atoms with Gasteiger partial charge in [0.15, 0.2) is 0 Å². The molecule has 0 radical (unpaired) electrons. The Morgan fingerprint density at radius 1 is 1.25 bits per heavy atom. The van der Waals surface area contributed by atoms with Crippen LogP contribution in [-0.2, 0) is 23.0 Å². The summed E-state index contributed by atoms with van der Waals surface area (Å²) in [6.45, 7) is 0. The summed E-state index contributed by atoms with van der Waals surface area (Å²) in [6.07, 6.45) is 3.10. The minimum absolute atomic E-state index is 0.0336. The molecule has 1 aliphatic rings. The van der Waals surface area contributed by atoms with Gasteiger partial charge >= 0.3 is 0 Å². The predicted octanol–water partition coefficient (Wildman–Crippen LogP) is 1.90. The Bertz CT molecular complexity index is 670. The Labute approximate surface area is 93.0 Å². The lowest BCUT2D eigenvalue weighted by molar-refractivity contribution is 0.483. The first-order chi connectivity index (χ1) is 7.55. The lowest BCUT2D eigenvalue weighted by Crippen LogP contribution is -1.97. The second-order valence-electron chi connectivity index (χ2n) is 4.12. The third-order valence-corrected chi connectivity index (χ3v) is 3.97. The topological polar surface area (TPSA) is 70.2 Å². The van der Waals surface area contributed by atoms with E-state index in [1.165, 1.54) is 17.3 Å². The highest BCUT2D eigenvalue weighted by Crippen LogP contribution is 2.31. The minimum atomic E-state index is -4.10. The van der Waals surface area contributed by atoms with Crippen LogP contribution in [-0.4, -0.2) is 18.0 Å². The molecule has 1 heterocycles. The Hall–Kier alpha value is -1.33. The Balaban J connectivity index is 2.32. The summed E-state index contributed by atoms with van der Waals surface area (Å²) in [5.74, 6) is 0. The SMILES string of the molecule is O=S(=O)(O)c1ccc2[nH]c3c(c2c1)CCC3. The molecule has 4 nitrogen and oxygen atoms in total. The van der Waals surface area contributed by atoms with Crippen molar-refractivity contribution in [2.24, 2.45) is 0 Å². The molecule has 0 aliphatic heterocycles. The molecule has 5 heteroatoms. The van der Waals surface area contributed by atoms with Crippen molar-refractivity contribution in [3.63, 3.8) is 0 Å². The average molecular weight is 237 g/mol. The molecule has 0 saturated heterocycles. The fourth-order valence-electron chi connectivity index (χ4n) is 2.38. The Morgan fingerprint density at radius 2 is 2.06 bits per heavy atom. The summed E-state index contributed by atoms with van der Waals surface area (Å²) >= 11 is 0. The lowest BCUT2D eigenvalue weighted by atomic mass is 10.1. The number of hydrogen-bond acceptors (Lipinski definition) is 2. The highest BCUT2D eigenvalue weighted by atomic mass is 32.2. The van der Waals surface area contributed by atoms with Gasteiger partial charge in [0.2, 0.25) is 0 Å². The maximum absolute atomic E-state index is 11.0. The van der Waals surface area contributed by atoms with Gasteiger partial charge in [-0.2, -0.15) is 8.42 Å². The van der Waals surface area contributed by atoms with Crippen molar-refractivity contribution in [2.45, 2.75) is 24.2 Å². The monoisotopic (exact) mass is 237 g/mol. The van der Waals surface area contributed by atoms with E-state index in [2.05, 4.69) is 4.98 Å². The summed E-state index contributed by atoms with van der Waals surface area (Å²) in [5, 5.41) is 0.919. The fraction of sp³-hybridized carbons (Fsp3) is 0.273. The van der Waals surface area contributed by atoms with E-state index >= 15 is 0 Å². The molecule has 0 amide bonds. The highest BCUT2D eigenvalue weighted by molar-refractivity contribution is 7.85. The zero-order valence-electron chi connectivity index (χ0n) is 8.53. The standard InChI is InChI=1S/C11H11NO3S/c13-16(14,15)7-4-5-11-9(6-7)8-2-1-3-10(8)12-11/h4-6,12H,1-3H2,(H,13,14,15). The van der Waals surface area contributed by atoms with Crippen LogP contribution < -0.4 is 0 Å². The molecular formula is C11H11NO3S. The van der Waals surface area contributed by atoms with Crippen molar-refractivity contribution in [2.75, 3.05) is 0 Å². The van der Waals surface area contributed by atoms with Gasteiger partial charge in [0, 0.05) is 16.6 Å². The summed E-state index contributed by atoms with van der Waals surface area (Å²) in [4.78, 5) is 3.24. The largest absolute Gasteiger partial charge is 0.358 e. The first-order valence-corrected chi connectivity index (χ1v) is 6.61. The number of benzene rings is 1. The first kappa shape index (κ1) is 9.86. The van der Waals surface area contributed by atoms with Crippen LogP contribution in [0.3, 0.4) is 0 Å². The van der Waals surface area contributed by atoms with Gasteiger partial charge in [0.1, 0.15) is 0 Å². The van der Waals surface area contributed by atoms with Crippen LogP contribution in [0.25, 0.3) is 10.9 Å². The van der Waals surface area contributed by atoms with E-state index in [0.29, 0.717) is 0 Å². The molecule has 2 aromatic rings. The molecular weight excluding hydrogens is 226 g/mol. The van der Waals surface area contributed by atoms with Gasteiger partial charge in [-0.25, -0.2) is 0 Å². The number of aryl methyl sites for hydroxylation is 2. The van der Waals surface area contributed by atoms with E-state index in [1.54, 1.807) is 12.1 Å². The van der Waals surface area contributed by atoms with Crippen LogP contribution in [0.2, 0.25) is 0 Å². The molecule has 3 rings (SSSR count). The van der Waals surface area contributed by atoms with Gasteiger partial charge < -0.3 is 4.98 Å². The lowest BCUT2D eigenvalue weighted by Gasteiger charge is -1.98. The van der Waals surface area contributed by atoms with Gasteiger partial charge in [-0.1, -0.05) is 0 Å². The molecule has 16 heavy (non-hydrogen) atoms. The number of H-pyrrole nitrogens is 1.